The first kappa shape index (κ1) is 20.4. The number of thioether (sulfide) groups is 1. The van der Waals surface area contributed by atoms with Gasteiger partial charge < -0.3 is 9.15 Å². The second-order valence-electron chi connectivity index (χ2n) is 8.68. The van der Waals surface area contributed by atoms with Crippen LogP contribution in [0.4, 0.5) is 0 Å². The van der Waals surface area contributed by atoms with E-state index < -0.39 is 0 Å². The molecule has 31 heavy (non-hydrogen) atoms. The van der Waals surface area contributed by atoms with Crippen molar-refractivity contribution >= 4 is 17.5 Å². The molecule has 6 nitrogen and oxygen atoms in total. The number of rotatable bonds is 8. The van der Waals surface area contributed by atoms with Crippen LogP contribution in [0.2, 0.25) is 0 Å². The molecule has 7 heteroatoms. The molecule has 0 radical (unpaired) electrons. The molecule has 2 aliphatic carbocycles. The summed E-state index contributed by atoms with van der Waals surface area (Å²) in [6.07, 6.45) is 6.99. The monoisotopic (exact) mass is 437 g/mol. The molecule has 2 bridgehead atoms. The molecule has 1 aromatic carbocycles. The van der Waals surface area contributed by atoms with Crippen molar-refractivity contribution in [3.05, 3.63) is 48.2 Å². The Bertz CT molecular complexity index is 1060. The molecular weight excluding hydrogens is 410 g/mol. The summed E-state index contributed by atoms with van der Waals surface area (Å²) >= 11 is 1.45. The summed E-state index contributed by atoms with van der Waals surface area (Å²) in [5.74, 6) is 4.76. The Hall–Kier alpha value is -2.54. The Balaban J connectivity index is 1.40. The van der Waals surface area contributed by atoms with Crippen LogP contribution in [-0.2, 0) is 0 Å². The number of benzene rings is 1. The number of aromatic nitrogens is 3. The van der Waals surface area contributed by atoms with Gasteiger partial charge in [-0.15, -0.1) is 10.2 Å². The van der Waals surface area contributed by atoms with Gasteiger partial charge in [-0.1, -0.05) is 30.3 Å². The highest BCUT2D eigenvalue weighted by Crippen LogP contribution is 2.53. The summed E-state index contributed by atoms with van der Waals surface area (Å²) in [6.45, 7) is 2.27. The molecular formula is C24H27N3O3S. The van der Waals surface area contributed by atoms with Crippen LogP contribution in [0, 0.1) is 17.8 Å². The molecule has 2 aliphatic rings. The predicted molar refractivity (Wildman–Crippen MR) is 119 cm³/mol. The van der Waals surface area contributed by atoms with Crippen molar-refractivity contribution in [1.29, 1.82) is 0 Å². The standard InChI is InChI=1S/C24H27N3O3S/c1-15(20-12-16-8-9-17(20)11-16)27-23(22-7-4-10-30-22)25-26-24(27)31-14-21(28)18-5-3-6-19(13-18)29-2/h3-7,10,13,15-17,20H,8-9,11-12,14H2,1-2H3. The van der Waals surface area contributed by atoms with Crippen molar-refractivity contribution in [2.24, 2.45) is 17.8 Å². The maximum atomic E-state index is 12.8. The molecule has 2 heterocycles. The lowest BCUT2D eigenvalue weighted by Gasteiger charge is -2.30. The summed E-state index contributed by atoms with van der Waals surface area (Å²) in [4.78, 5) is 12.8. The molecule has 2 aromatic heterocycles. The van der Waals surface area contributed by atoms with Crippen LogP contribution in [0.1, 0.15) is 49.0 Å². The van der Waals surface area contributed by atoms with Crippen LogP contribution in [0.15, 0.2) is 52.2 Å². The zero-order valence-electron chi connectivity index (χ0n) is 17.9. The Morgan fingerprint density at radius 3 is 2.87 bits per heavy atom. The van der Waals surface area contributed by atoms with E-state index >= 15 is 0 Å². The fourth-order valence-electron chi connectivity index (χ4n) is 5.40. The van der Waals surface area contributed by atoms with Gasteiger partial charge in [-0.25, -0.2) is 0 Å². The van der Waals surface area contributed by atoms with Crippen molar-refractivity contribution in [2.75, 3.05) is 12.9 Å². The lowest BCUT2D eigenvalue weighted by molar-refractivity contribution is 0.102. The van der Waals surface area contributed by atoms with Crippen LogP contribution < -0.4 is 4.74 Å². The quantitative estimate of drug-likeness (QED) is 0.341. The SMILES string of the molecule is COc1cccc(C(=O)CSc2nnc(-c3ccco3)n2C(C)C2CC3CCC2C3)c1. The molecule has 162 valence electrons. The second kappa shape index (κ2) is 8.54. The highest BCUT2D eigenvalue weighted by Gasteiger charge is 2.43. The van der Waals surface area contributed by atoms with Gasteiger partial charge in [-0.3, -0.25) is 9.36 Å². The van der Waals surface area contributed by atoms with Crippen molar-refractivity contribution in [3.8, 4) is 17.3 Å². The van der Waals surface area contributed by atoms with Gasteiger partial charge >= 0.3 is 0 Å². The maximum Gasteiger partial charge on any atom is 0.200 e. The predicted octanol–water partition coefficient (Wildman–Crippen LogP) is 5.52. The van der Waals surface area contributed by atoms with Gasteiger partial charge in [-0.05, 0) is 68.2 Å². The molecule has 0 spiro atoms. The van der Waals surface area contributed by atoms with E-state index in [1.807, 2.05) is 30.3 Å². The van der Waals surface area contributed by atoms with E-state index in [9.17, 15) is 4.79 Å². The molecule has 4 atom stereocenters. The normalized spacial score (nSPS) is 23.2. The largest absolute Gasteiger partial charge is 0.497 e. The Morgan fingerprint density at radius 2 is 2.16 bits per heavy atom. The van der Waals surface area contributed by atoms with E-state index in [1.54, 1.807) is 19.4 Å². The number of furan rings is 1. The van der Waals surface area contributed by atoms with Gasteiger partial charge in [-0.2, -0.15) is 0 Å². The minimum atomic E-state index is 0.0468. The number of nitrogens with zero attached hydrogens (tertiary/aromatic N) is 3. The average molecular weight is 438 g/mol. The molecule has 3 aromatic rings. The lowest BCUT2D eigenvalue weighted by Crippen LogP contribution is -2.23. The van der Waals surface area contributed by atoms with Gasteiger partial charge in [0, 0.05) is 11.6 Å². The topological polar surface area (TPSA) is 70.2 Å². The van der Waals surface area contributed by atoms with Gasteiger partial charge in [0.1, 0.15) is 5.75 Å². The Morgan fingerprint density at radius 1 is 1.26 bits per heavy atom. The zero-order valence-corrected chi connectivity index (χ0v) is 18.7. The van der Waals surface area contributed by atoms with Crippen LogP contribution in [0.3, 0.4) is 0 Å². The summed E-state index contributed by atoms with van der Waals surface area (Å²) in [6, 6.07) is 11.3. The van der Waals surface area contributed by atoms with Crippen molar-refractivity contribution < 1.29 is 13.9 Å². The number of hydrogen-bond acceptors (Lipinski definition) is 6. The van der Waals surface area contributed by atoms with Gasteiger partial charge in [0.05, 0.1) is 19.1 Å². The number of carbonyl (C=O) groups excluding carboxylic acids is 1. The number of ketones is 1. The first-order chi connectivity index (χ1) is 15.1. The van der Waals surface area contributed by atoms with E-state index in [1.165, 1.54) is 37.4 Å². The molecule has 0 N–H and O–H groups in total. The molecule has 5 rings (SSSR count). The molecule has 2 saturated carbocycles. The van der Waals surface area contributed by atoms with Crippen molar-refractivity contribution in [1.82, 2.24) is 14.8 Å². The second-order valence-corrected chi connectivity index (χ2v) is 9.62. The Labute approximate surface area is 186 Å². The summed E-state index contributed by atoms with van der Waals surface area (Å²) in [5.41, 5.74) is 0.644. The van der Waals surface area contributed by atoms with Crippen LogP contribution >= 0.6 is 11.8 Å². The third-order valence-electron chi connectivity index (χ3n) is 6.95. The van der Waals surface area contributed by atoms with Crippen LogP contribution in [0.5, 0.6) is 5.75 Å². The third kappa shape index (κ3) is 3.91. The van der Waals surface area contributed by atoms with E-state index in [0.29, 0.717) is 28.7 Å². The third-order valence-corrected chi connectivity index (χ3v) is 7.89. The molecule has 0 saturated heterocycles. The number of Topliss-reactive ketones (excluding diaryl/α,β-unsaturated/α-hetero) is 1. The van der Waals surface area contributed by atoms with Crippen molar-refractivity contribution in [2.45, 2.75) is 43.8 Å². The number of fused-ring (bicyclic) bond motifs is 2. The highest BCUT2D eigenvalue weighted by atomic mass is 32.2. The van der Waals surface area contributed by atoms with E-state index in [4.69, 9.17) is 9.15 Å². The number of hydrogen-bond donors (Lipinski definition) is 0. The molecule has 2 fully saturated rings. The minimum absolute atomic E-state index is 0.0468. The minimum Gasteiger partial charge on any atom is -0.497 e. The summed E-state index contributed by atoms with van der Waals surface area (Å²) in [7, 11) is 1.61. The van der Waals surface area contributed by atoms with E-state index in [2.05, 4.69) is 21.7 Å². The smallest absolute Gasteiger partial charge is 0.200 e. The van der Waals surface area contributed by atoms with Gasteiger partial charge in [0.25, 0.3) is 0 Å². The summed E-state index contributed by atoms with van der Waals surface area (Å²) < 4.78 is 13.1. The maximum absolute atomic E-state index is 12.8. The first-order valence-electron chi connectivity index (χ1n) is 10.9. The highest BCUT2D eigenvalue weighted by molar-refractivity contribution is 7.99. The summed E-state index contributed by atoms with van der Waals surface area (Å²) in [5, 5.41) is 9.70. The first-order valence-corrected chi connectivity index (χ1v) is 11.9. The van der Waals surface area contributed by atoms with Crippen LogP contribution in [-0.4, -0.2) is 33.4 Å². The fourth-order valence-corrected chi connectivity index (χ4v) is 6.32. The van der Waals surface area contributed by atoms with E-state index in [-0.39, 0.29) is 11.8 Å². The number of methoxy groups -OCH3 is 1. The zero-order chi connectivity index (χ0) is 21.4. The van der Waals surface area contributed by atoms with Crippen LogP contribution in [0.25, 0.3) is 11.6 Å². The van der Waals surface area contributed by atoms with E-state index in [0.717, 1.165) is 22.8 Å². The fraction of sp³-hybridized carbons (Fsp3) is 0.458. The lowest BCUT2D eigenvalue weighted by atomic mass is 9.84. The van der Waals surface area contributed by atoms with Gasteiger partial charge in [0.2, 0.25) is 5.82 Å². The number of carbonyl (C=O) groups is 1. The Kier molecular flexibility index (Phi) is 5.61. The number of ether oxygens (including phenoxy) is 1. The molecule has 4 unspecified atom stereocenters. The molecule has 0 amide bonds. The van der Waals surface area contributed by atoms with Gasteiger partial charge in [0.15, 0.2) is 16.7 Å². The molecule has 0 aliphatic heterocycles. The average Bonchev–Trinajstić information content (AvgIpc) is 3.60. The van der Waals surface area contributed by atoms with Crippen molar-refractivity contribution in [3.63, 3.8) is 0 Å².